The lowest BCUT2D eigenvalue weighted by Gasteiger charge is -2.25. The molecule has 0 saturated heterocycles. The summed E-state index contributed by atoms with van der Waals surface area (Å²) in [5.41, 5.74) is 10.0. The van der Waals surface area contributed by atoms with Gasteiger partial charge in [-0.15, -0.1) is 11.3 Å². The van der Waals surface area contributed by atoms with Crippen LogP contribution in [0.15, 0.2) is 165 Å². The molecule has 6 heteroatoms. The molecule has 49 heavy (non-hydrogen) atoms. The highest BCUT2D eigenvalue weighted by molar-refractivity contribution is 9.10. The van der Waals surface area contributed by atoms with E-state index >= 15 is 0 Å². The molecule has 0 N–H and O–H groups in total. The number of oxazole rings is 1. The lowest BCUT2D eigenvalue weighted by molar-refractivity contribution is 0.620. The number of para-hydroxylation sites is 3. The highest BCUT2D eigenvalue weighted by Gasteiger charge is 2.18. The maximum Gasteiger partial charge on any atom is 0.227 e. The Morgan fingerprint density at radius 2 is 1.24 bits per heavy atom. The van der Waals surface area contributed by atoms with E-state index in [-0.39, 0.29) is 0 Å². The minimum absolute atomic E-state index is 0.620. The zero-order valence-electron chi connectivity index (χ0n) is 25.9. The van der Waals surface area contributed by atoms with Crippen LogP contribution in [0.2, 0.25) is 0 Å². The predicted molar refractivity (Wildman–Crippen MR) is 207 cm³/mol. The van der Waals surface area contributed by atoms with Crippen LogP contribution in [0.25, 0.3) is 75.8 Å². The molecule has 0 spiro atoms. The molecule has 10 rings (SSSR count). The fraction of sp³-hybridized carbons (Fsp3) is 0. The average molecular weight is 714 g/mol. The molecule has 0 bridgehead atoms. The first-order valence-electron chi connectivity index (χ1n) is 16.0. The molecule has 0 unspecified atom stereocenters. The lowest BCUT2D eigenvalue weighted by atomic mass is 10.0. The summed E-state index contributed by atoms with van der Waals surface area (Å²) in [4.78, 5) is 7.00. The van der Waals surface area contributed by atoms with Gasteiger partial charge < -0.3 is 13.7 Å². The molecule has 0 aliphatic heterocycles. The van der Waals surface area contributed by atoms with Crippen LogP contribution in [0.1, 0.15) is 0 Å². The summed E-state index contributed by atoms with van der Waals surface area (Å²) in [5.74, 6) is 0.620. The van der Waals surface area contributed by atoms with Gasteiger partial charge in [-0.25, -0.2) is 4.98 Å². The van der Waals surface area contributed by atoms with Crippen molar-refractivity contribution >= 4 is 97.5 Å². The van der Waals surface area contributed by atoms with E-state index in [2.05, 4.69) is 136 Å². The third kappa shape index (κ3) is 4.75. The van der Waals surface area contributed by atoms with Crippen LogP contribution in [-0.4, -0.2) is 4.98 Å². The van der Waals surface area contributed by atoms with Crippen LogP contribution in [0.5, 0.6) is 0 Å². The first-order valence-corrected chi connectivity index (χ1v) is 17.7. The van der Waals surface area contributed by atoms with Crippen molar-refractivity contribution < 1.29 is 8.83 Å². The number of aromatic nitrogens is 1. The van der Waals surface area contributed by atoms with Crippen molar-refractivity contribution in [2.75, 3.05) is 4.90 Å². The van der Waals surface area contributed by atoms with Crippen molar-refractivity contribution in [3.63, 3.8) is 0 Å². The first kappa shape index (κ1) is 28.3. The Kier molecular flexibility index (Phi) is 6.47. The van der Waals surface area contributed by atoms with E-state index in [1.54, 1.807) is 0 Å². The van der Waals surface area contributed by atoms with Gasteiger partial charge in [-0.1, -0.05) is 76.6 Å². The number of hydrogen-bond donors (Lipinski definition) is 0. The molecule has 0 radical (unpaired) electrons. The Morgan fingerprint density at radius 1 is 0.510 bits per heavy atom. The summed E-state index contributed by atoms with van der Waals surface area (Å²) in [6.45, 7) is 0. The molecule has 10 aromatic rings. The number of anilines is 3. The Bertz CT molecular complexity index is 2820. The number of nitrogens with zero attached hydrogens (tertiary/aromatic N) is 2. The molecule has 0 aliphatic rings. The van der Waals surface area contributed by atoms with Gasteiger partial charge in [-0.05, 0) is 102 Å². The molecule has 0 aliphatic carbocycles. The van der Waals surface area contributed by atoms with E-state index in [1.165, 1.54) is 31.3 Å². The number of thiophene rings is 1. The third-order valence-electron chi connectivity index (χ3n) is 9.16. The number of benzene rings is 7. The normalized spacial score (nSPS) is 11.8. The molecule has 3 heterocycles. The summed E-state index contributed by atoms with van der Waals surface area (Å²) >= 11 is 5.47. The third-order valence-corrected chi connectivity index (χ3v) is 10.9. The van der Waals surface area contributed by atoms with E-state index in [9.17, 15) is 0 Å². The van der Waals surface area contributed by atoms with E-state index in [0.29, 0.717) is 5.89 Å². The minimum atomic E-state index is 0.620. The van der Waals surface area contributed by atoms with Gasteiger partial charge in [0, 0.05) is 58.0 Å². The number of fused-ring (bicyclic) bond motifs is 7. The summed E-state index contributed by atoms with van der Waals surface area (Å²) in [6, 6.07) is 53.0. The molecule has 3 aromatic heterocycles. The Hall–Kier alpha value is -5.69. The second-order valence-corrected chi connectivity index (χ2v) is 14.1. The SMILES string of the molecule is Brc1ccc2oc3ccc(-c4cccc5c4sc4cc(N(c6ccccc6)c6ccc(-c7nc8ccccc8o7)cc6)ccc45)cc3c2c1. The van der Waals surface area contributed by atoms with Crippen molar-refractivity contribution in [1.29, 1.82) is 0 Å². The average Bonchev–Trinajstić information content (AvgIpc) is 3.85. The maximum atomic E-state index is 6.15. The second kappa shape index (κ2) is 11.2. The van der Waals surface area contributed by atoms with Gasteiger partial charge in [0.1, 0.15) is 16.7 Å². The zero-order valence-corrected chi connectivity index (χ0v) is 28.3. The highest BCUT2D eigenvalue weighted by atomic mass is 79.9. The van der Waals surface area contributed by atoms with Crippen molar-refractivity contribution in [2.24, 2.45) is 0 Å². The van der Waals surface area contributed by atoms with Gasteiger partial charge in [0.25, 0.3) is 0 Å². The van der Waals surface area contributed by atoms with Crippen LogP contribution in [0, 0.1) is 0 Å². The predicted octanol–water partition coefficient (Wildman–Crippen LogP) is 13.7. The molecule has 0 atom stereocenters. The summed E-state index contributed by atoms with van der Waals surface area (Å²) in [7, 11) is 0. The first-order chi connectivity index (χ1) is 24.2. The summed E-state index contributed by atoms with van der Waals surface area (Å²) in [5, 5.41) is 4.75. The molecular weight excluding hydrogens is 688 g/mol. The fourth-order valence-electron chi connectivity index (χ4n) is 6.84. The second-order valence-electron chi connectivity index (χ2n) is 12.1. The van der Waals surface area contributed by atoms with E-state index in [1.807, 2.05) is 47.7 Å². The van der Waals surface area contributed by atoms with Gasteiger partial charge in [0.05, 0.1) is 0 Å². The molecule has 4 nitrogen and oxygen atoms in total. The minimum Gasteiger partial charge on any atom is -0.456 e. The number of hydrogen-bond acceptors (Lipinski definition) is 5. The molecule has 0 fully saturated rings. The van der Waals surface area contributed by atoms with Gasteiger partial charge in [0.15, 0.2) is 5.58 Å². The number of rotatable bonds is 5. The molecular formula is C43H25BrN2O2S. The Morgan fingerprint density at radius 3 is 2.10 bits per heavy atom. The summed E-state index contributed by atoms with van der Waals surface area (Å²) in [6.07, 6.45) is 0. The van der Waals surface area contributed by atoms with E-state index in [4.69, 9.17) is 13.8 Å². The Labute approximate surface area is 293 Å². The van der Waals surface area contributed by atoms with Crippen molar-refractivity contribution in [3.05, 3.63) is 156 Å². The zero-order chi connectivity index (χ0) is 32.5. The lowest BCUT2D eigenvalue weighted by Crippen LogP contribution is -2.09. The maximum absolute atomic E-state index is 6.15. The van der Waals surface area contributed by atoms with Gasteiger partial charge in [-0.2, -0.15) is 0 Å². The van der Waals surface area contributed by atoms with Gasteiger partial charge in [-0.3, -0.25) is 0 Å². The van der Waals surface area contributed by atoms with Gasteiger partial charge >= 0.3 is 0 Å². The topological polar surface area (TPSA) is 42.4 Å². The largest absolute Gasteiger partial charge is 0.456 e. The van der Waals surface area contributed by atoms with Crippen LogP contribution in [0.3, 0.4) is 0 Å². The van der Waals surface area contributed by atoms with E-state index in [0.717, 1.165) is 60.1 Å². The van der Waals surface area contributed by atoms with Crippen LogP contribution in [-0.2, 0) is 0 Å². The molecule has 0 amide bonds. The molecule has 232 valence electrons. The van der Waals surface area contributed by atoms with Crippen LogP contribution in [0.4, 0.5) is 17.1 Å². The van der Waals surface area contributed by atoms with Crippen molar-refractivity contribution in [3.8, 4) is 22.6 Å². The van der Waals surface area contributed by atoms with Crippen molar-refractivity contribution in [1.82, 2.24) is 4.98 Å². The number of furan rings is 1. The standard InChI is InChI=1S/C43H25BrN2O2S/c44-28-16-22-39-36(24-28)35-23-27(15-21-38(35)47-39)32-9-6-10-34-33-20-19-31(25-41(33)49-42(32)34)46(29-7-2-1-3-8-29)30-17-13-26(14-18-30)43-45-37-11-4-5-12-40(37)48-43/h1-25H. The highest BCUT2D eigenvalue weighted by Crippen LogP contribution is 2.44. The monoisotopic (exact) mass is 712 g/mol. The summed E-state index contributed by atoms with van der Waals surface area (Å²) < 4.78 is 15.8. The van der Waals surface area contributed by atoms with Crippen LogP contribution >= 0.6 is 27.3 Å². The number of halogens is 1. The van der Waals surface area contributed by atoms with Gasteiger partial charge in [0.2, 0.25) is 5.89 Å². The fourth-order valence-corrected chi connectivity index (χ4v) is 8.48. The Balaban J connectivity index is 1.08. The molecule has 7 aromatic carbocycles. The van der Waals surface area contributed by atoms with Crippen molar-refractivity contribution in [2.45, 2.75) is 0 Å². The van der Waals surface area contributed by atoms with Crippen LogP contribution < -0.4 is 4.90 Å². The quantitative estimate of drug-likeness (QED) is 0.178. The molecule has 0 saturated carbocycles. The smallest absolute Gasteiger partial charge is 0.227 e. The van der Waals surface area contributed by atoms with E-state index < -0.39 is 0 Å².